The van der Waals surface area contributed by atoms with Gasteiger partial charge in [-0.05, 0) is 6.92 Å². The monoisotopic (exact) mass is 242 g/mol. The van der Waals surface area contributed by atoms with Gasteiger partial charge in [0.1, 0.15) is 6.54 Å². The highest BCUT2D eigenvalue weighted by Gasteiger charge is 2.34. The van der Waals surface area contributed by atoms with E-state index in [1.165, 1.54) is 16.9 Å². The molecule has 0 aromatic carbocycles. The van der Waals surface area contributed by atoms with Crippen LogP contribution in [0.15, 0.2) is 0 Å². The van der Waals surface area contributed by atoms with Crippen LogP contribution in [-0.4, -0.2) is 61.4 Å². The molecule has 1 saturated heterocycles. The molecule has 6 nitrogen and oxygen atoms in total. The molecule has 1 rings (SSSR count). The highest BCUT2D eigenvalue weighted by Crippen LogP contribution is 2.18. The minimum Gasteiger partial charge on any atom is -0.468 e. The van der Waals surface area contributed by atoms with Gasteiger partial charge in [-0.1, -0.05) is 0 Å². The average molecular weight is 242 g/mol. The van der Waals surface area contributed by atoms with Crippen LogP contribution in [0.4, 0.5) is 0 Å². The molecule has 0 saturated carbocycles. The zero-order valence-electron chi connectivity index (χ0n) is 10.4. The van der Waals surface area contributed by atoms with Crippen LogP contribution in [-0.2, 0) is 19.1 Å². The average Bonchev–Trinajstić information content (AvgIpc) is 2.65. The number of esters is 1. The van der Waals surface area contributed by atoms with Crippen LogP contribution in [0.1, 0.15) is 13.3 Å². The molecule has 0 aromatic heterocycles. The maximum Gasteiger partial charge on any atom is 0.325 e. The summed E-state index contributed by atoms with van der Waals surface area (Å²) in [6.45, 7) is 2.60. The summed E-state index contributed by atoms with van der Waals surface area (Å²) >= 11 is 0. The van der Waals surface area contributed by atoms with E-state index in [0.717, 1.165) is 0 Å². The Morgan fingerprint density at radius 1 is 1.53 bits per heavy atom. The summed E-state index contributed by atoms with van der Waals surface area (Å²) in [5, 5.41) is 0. The van der Waals surface area contributed by atoms with E-state index in [2.05, 4.69) is 4.74 Å². The fraction of sp³-hybridized carbons (Fsp3) is 0.727. The van der Waals surface area contributed by atoms with Gasteiger partial charge in [-0.2, -0.15) is 0 Å². The van der Waals surface area contributed by atoms with Crippen molar-refractivity contribution in [1.29, 1.82) is 0 Å². The molecule has 1 aliphatic heterocycles. The Bertz CT molecular complexity index is 329. The first kappa shape index (κ1) is 13.5. The van der Waals surface area contributed by atoms with Gasteiger partial charge in [0.15, 0.2) is 0 Å². The number of ether oxygens (including phenoxy) is 1. The lowest BCUT2D eigenvalue weighted by atomic mass is 10.1. The third kappa shape index (κ3) is 3.18. The molecular formula is C11H18N2O4. The second kappa shape index (κ2) is 5.65. The molecule has 0 aliphatic carbocycles. The van der Waals surface area contributed by atoms with Crippen LogP contribution < -0.4 is 0 Å². The van der Waals surface area contributed by atoms with E-state index in [4.69, 9.17) is 0 Å². The van der Waals surface area contributed by atoms with Crippen molar-refractivity contribution < 1.29 is 19.1 Å². The number of amides is 2. The van der Waals surface area contributed by atoms with E-state index >= 15 is 0 Å². The zero-order chi connectivity index (χ0) is 13.0. The van der Waals surface area contributed by atoms with Crippen LogP contribution >= 0.6 is 0 Å². The minimum absolute atomic E-state index is 0.0301. The Morgan fingerprint density at radius 3 is 2.59 bits per heavy atom. The van der Waals surface area contributed by atoms with Crippen LogP contribution in [0.5, 0.6) is 0 Å². The molecule has 0 radical (unpaired) electrons. The number of rotatable bonds is 4. The van der Waals surface area contributed by atoms with Crippen molar-refractivity contribution in [3.63, 3.8) is 0 Å². The summed E-state index contributed by atoms with van der Waals surface area (Å²) in [6.07, 6.45) is 0.229. The minimum atomic E-state index is -0.446. The summed E-state index contributed by atoms with van der Waals surface area (Å²) in [7, 11) is 2.96. The molecule has 17 heavy (non-hydrogen) atoms. The number of carbonyl (C=O) groups excluding carboxylic acids is 3. The number of likely N-dealkylation sites (tertiary alicyclic amines) is 1. The number of likely N-dealkylation sites (N-methyl/N-ethyl adjacent to an activating group) is 1. The molecular weight excluding hydrogens is 224 g/mol. The first-order valence-corrected chi connectivity index (χ1v) is 5.59. The van der Waals surface area contributed by atoms with Crippen molar-refractivity contribution >= 4 is 17.8 Å². The highest BCUT2D eigenvalue weighted by atomic mass is 16.5. The molecule has 0 N–H and O–H groups in total. The largest absolute Gasteiger partial charge is 0.468 e. The lowest BCUT2D eigenvalue weighted by molar-refractivity contribution is -0.148. The van der Waals surface area contributed by atoms with Crippen LogP contribution in [0.3, 0.4) is 0 Å². The SMILES string of the molecule is CCN(CC(=O)OC)C(=O)C1CC(=O)N(C)C1. The van der Waals surface area contributed by atoms with Gasteiger partial charge in [0.2, 0.25) is 11.8 Å². The molecule has 0 spiro atoms. The number of hydrogen-bond donors (Lipinski definition) is 0. The lowest BCUT2D eigenvalue weighted by Gasteiger charge is -2.22. The Kier molecular flexibility index (Phi) is 4.48. The van der Waals surface area contributed by atoms with Gasteiger partial charge in [0, 0.05) is 26.6 Å². The van der Waals surface area contributed by atoms with Crippen LogP contribution in [0.2, 0.25) is 0 Å². The molecule has 0 aromatic rings. The second-order valence-electron chi connectivity index (χ2n) is 4.10. The van der Waals surface area contributed by atoms with Crippen molar-refractivity contribution in [2.24, 2.45) is 5.92 Å². The summed E-state index contributed by atoms with van der Waals surface area (Å²) in [5.41, 5.74) is 0. The standard InChI is InChI=1S/C11H18N2O4/c1-4-13(7-10(15)17-3)11(16)8-5-9(14)12(2)6-8/h8H,4-7H2,1-3H3. The fourth-order valence-corrected chi connectivity index (χ4v) is 1.85. The first-order valence-electron chi connectivity index (χ1n) is 5.59. The van der Waals surface area contributed by atoms with Gasteiger partial charge in [-0.15, -0.1) is 0 Å². The van der Waals surface area contributed by atoms with Gasteiger partial charge in [-0.25, -0.2) is 0 Å². The van der Waals surface area contributed by atoms with Crippen molar-refractivity contribution in [2.45, 2.75) is 13.3 Å². The maximum atomic E-state index is 12.1. The predicted octanol–water partition coefficient (Wildman–Crippen LogP) is -0.514. The summed E-state index contributed by atoms with van der Waals surface area (Å²) < 4.78 is 4.53. The van der Waals surface area contributed by atoms with E-state index in [9.17, 15) is 14.4 Å². The fourth-order valence-electron chi connectivity index (χ4n) is 1.85. The first-order chi connectivity index (χ1) is 7.99. The van der Waals surface area contributed by atoms with Gasteiger partial charge in [0.25, 0.3) is 0 Å². The molecule has 1 aliphatic rings. The van der Waals surface area contributed by atoms with Crippen LogP contribution in [0, 0.1) is 5.92 Å². The Morgan fingerprint density at radius 2 is 2.18 bits per heavy atom. The van der Waals surface area contributed by atoms with E-state index in [-0.39, 0.29) is 30.7 Å². The summed E-state index contributed by atoms with van der Waals surface area (Å²) in [6, 6.07) is 0. The second-order valence-corrected chi connectivity index (χ2v) is 4.10. The topological polar surface area (TPSA) is 66.9 Å². The van der Waals surface area contributed by atoms with Gasteiger partial charge < -0.3 is 14.5 Å². The van der Waals surface area contributed by atoms with Crippen LogP contribution in [0.25, 0.3) is 0 Å². The smallest absolute Gasteiger partial charge is 0.325 e. The van der Waals surface area contributed by atoms with E-state index < -0.39 is 5.97 Å². The number of hydrogen-bond acceptors (Lipinski definition) is 4. The van der Waals surface area contributed by atoms with Gasteiger partial charge in [-0.3, -0.25) is 14.4 Å². The third-order valence-corrected chi connectivity index (χ3v) is 2.93. The molecule has 2 amide bonds. The molecule has 1 fully saturated rings. The molecule has 96 valence electrons. The van der Waals surface area contributed by atoms with Crippen molar-refractivity contribution in [3.05, 3.63) is 0 Å². The predicted molar refractivity (Wildman–Crippen MR) is 60.0 cm³/mol. The Balaban J connectivity index is 2.61. The number of nitrogens with zero attached hydrogens (tertiary/aromatic N) is 2. The van der Waals surface area contributed by atoms with Crippen molar-refractivity contribution in [2.75, 3.05) is 33.8 Å². The van der Waals surface area contributed by atoms with E-state index in [0.29, 0.717) is 13.1 Å². The number of methoxy groups -OCH3 is 1. The summed E-state index contributed by atoms with van der Waals surface area (Å²) in [5.74, 6) is -0.969. The van der Waals surface area contributed by atoms with E-state index in [1.54, 1.807) is 14.0 Å². The van der Waals surface area contributed by atoms with E-state index in [1.807, 2.05) is 0 Å². The van der Waals surface area contributed by atoms with Gasteiger partial charge >= 0.3 is 5.97 Å². The molecule has 1 atom stereocenters. The third-order valence-electron chi connectivity index (χ3n) is 2.93. The molecule has 6 heteroatoms. The molecule has 1 unspecified atom stereocenters. The molecule has 1 heterocycles. The lowest BCUT2D eigenvalue weighted by Crippen LogP contribution is -2.40. The Hall–Kier alpha value is -1.59. The van der Waals surface area contributed by atoms with Crippen molar-refractivity contribution in [3.8, 4) is 0 Å². The molecule has 0 bridgehead atoms. The Labute approximate surface area is 101 Å². The summed E-state index contributed by atoms with van der Waals surface area (Å²) in [4.78, 5) is 37.5. The normalized spacial score (nSPS) is 19.4. The van der Waals surface area contributed by atoms with Gasteiger partial charge in [0.05, 0.1) is 13.0 Å². The maximum absolute atomic E-state index is 12.1. The quantitative estimate of drug-likeness (QED) is 0.622. The van der Waals surface area contributed by atoms with Crippen molar-refractivity contribution in [1.82, 2.24) is 9.80 Å². The zero-order valence-corrected chi connectivity index (χ0v) is 10.4. The number of carbonyl (C=O) groups is 3. The highest BCUT2D eigenvalue weighted by molar-refractivity contribution is 5.90.